The van der Waals surface area contributed by atoms with E-state index >= 15 is 0 Å². The lowest BCUT2D eigenvalue weighted by Crippen LogP contribution is -2.25. The topological polar surface area (TPSA) is 43.3 Å². The molecule has 2 aromatic rings. The summed E-state index contributed by atoms with van der Waals surface area (Å²) in [5, 5.41) is 2.71. The van der Waals surface area contributed by atoms with Gasteiger partial charge in [0.2, 0.25) is 0 Å². The maximum absolute atomic E-state index is 11.0. The molecule has 0 fully saturated rings. The molecule has 0 unspecified atom stereocenters. The van der Waals surface area contributed by atoms with Crippen molar-refractivity contribution in [1.82, 2.24) is 9.88 Å². The van der Waals surface area contributed by atoms with E-state index in [0.717, 1.165) is 12.1 Å². The molecule has 1 amide bonds. The third-order valence-electron chi connectivity index (χ3n) is 3.40. The zero-order valence-electron chi connectivity index (χ0n) is 12.1. The van der Waals surface area contributed by atoms with Gasteiger partial charge in [0.1, 0.15) is 0 Å². The normalized spacial score (nSPS) is 10.3. The van der Waals surface area contributed by atoms with Crippen LogP contribution < -0.4 is 5.32 Å². The predicted molar refractivity (Wildman–Crippen MR) is 79.4 cm³/mol. The van der Waals surface area contributed by atoms with Crippen molar-refractivity contribution in [3.8, 4) is 5.69 Å². The molecule has 0 aliphatic heterocycles. The first-order valence-electron chi connectivity index (χ1n) is 6.68. The molecule has 0 bridgehead atoms. The number of rotatable bonds is 4. The lowest BCUT2D eigenvalue weighted by atomic mass is 10.2. The first kappa shape index (κ1) is 14.2. The molecule has 0 radical (unpaired) electrons. The quantitative estimate of drug-likeness (QED) is 0.929. The number of hydrogen-bond donors (Lipinski definition) is 1. The summed E-state index contributed by atoms with van der Waals surface area (Å²) in [6.45, 7) is 4.77. The Labute approximate surface area is 119 Å². The van der Waals surface area contributed by atoms with Crippen LogP contribution in [0.1, 0.15) is 17.0 Å². The fourth-order valence-corrected chi connectivity index (χ4v) is 2.43. The second kappa shape index (κ2) is 6.28. The van der Waals surface area contributed by atoms with Gasteiger partial charge in [-0.05, 0) is 44.0 Å². The number of aryl methyl sites for hydroxylation is 1. The maximum Gasteiger partial charge on any atom is 0.406 e. The smallest absolute Gasteiger partial charge is 0.406 e. The molecular weight excluding hydrogens is 252 g/mol. The predicted octanol–water partition coefficient (Wildman–Crippen LogP) is 2.99. The molecule has 0 aliphatic carbocycles. The number of amides is 1. The Balaban J connectivity index is 2.15. The summed E-state index contributed by atoms with van der Waals surface area (Å²) >= 11 is 0. The minimum atomic E-state index is -0.387. The average molecular weight is 272 g/mol. The van der Waals surface area contributed by atoms with E-state index in [1.54, 1.807) is 0 Å². The van der Waals surface area contributed by atoms with Crippen LogP contribution in [0.4, 0.5) is 4.79 Å². The van der Waals surface area contributed by atoms with E-state index in [-0.39, 0.29) is 6.09 Å². The number of nitrogens with one attached hydrogen (secondary N) is 1. The summed E-state index contributed by atoms with van der Waals surface area (Å²) in [6.07, 6.45) is 0.406. The number of alkyl carbamates (subject to hydrolysis) is 1. The molecule has 1 aromatic heterocycles. The van der Waals surface area contributed by atoms with Crippen LogP contribution in [0.25, 0.3) is 5.69 Å². The number of methoxy groups -OCH3 is 1. The Morgan fingerprint density at radius 1 is 1.25 bits per heavy atom. The number of carbonyl (C=O) groups is 1. The van der Waals surface area contributed by atoms with Crippen LogP contribution in [0, 0.1) is 13.8 Å². The zero-order chi connectivity index (χ0) is 14.5. The Bertz CT molecular complexity index is 588. The van der Waals surface area contributed by atoms with E-state index in [4.69, 9.17) is 0 Å². The summed E-state index contributed by atoms with van der Waals surface area (Å²) in [5.74, 6) is 0. The van der Waals surface area contributed by atoms with Crippen molar-refractivity contribution in [1.29, 1.82) is 0 Å². The zero-order valence-corrected chi connectivity index (χ0v) is 12.1. The number of ether oxygens (including phenoxy) is 1. The van der Waals surface area contributed by atoms with Gasteiger partial charge < -0.3 is 14.6 Å². The molecule has 1 heterocycles. The highest BCUT2D eigenvalue weighted by atomic mass is 16.5. The first-order chi connectivity index (χ1) is 9.63. The van der Waals surface area contributed by atoms with Crippen molar-refractivity contribution >= 4 is 6.09 Å². The van der Waals surface area contributed by atoms with Gasteiger partial charge in [-0.3, -0.25) is 0 Å². The van der Waals surface area contributed by atoms with Gasteiger partial charge in [-0.15, -0.1) is 0 Å². The number of benzene rings is 1. The summed E-state index contributed by atoms with van der Waals surface area (Å²) < 4.78 is 6.79. The molecule has 1 N–H and O–H groups in total. The van der Waals surface area contributed by atoms with Crippen molar-refractivity contribution in [3.05, 3.63) is 53.3 Å². The van der Waals surface area contributed by atoms with Gasteiger partial charge in [0, 0.05) is 23.6 Å². The number of aromatic nitrogens is 1. The summed E-state index contributed by atoms with van der Waals surface area (Å²) in [6, 6.07) is 12.4. The Kier molecular flexibility index (Phi) is 4.45. The Morgan fingerprint density at radius 3 is 2.60 bits per heavy atom. The lowest BCUT2D eigenvalue weighted by molar-refractivity contribution is 0.171. The third kappa shape index (κ3) is 3.02. The van der Waals surface area contributed by atoms with E-state index in [1.165, 1.54) is 24.1 Å². The highest BCUT2D eigenvalue weighted by Crippen LogP contribution is 2.20. The maximum atomic E-state index is 11.0. The van der Waals surface area contributed by atoms with E-state index in [2.05, 4.69) is 46.7 Å². The highest BCUT2D eigenvalue weighted by Gasteiger charge is 2.10. The van der Waals surface area contributed by atoms with E-state index in [1.807, 2.05) is 18.2 Å². The van der Waals surface area contributed by atoms with Gasteiger partial charge in [-0.25, -0.2) is 4.79 Å². The van der Waals surface area contributed by atoms with Gasteiger partial charge >= 0.3 is 6.09 Å². The first-order valence-corrected chi connectivity index (χ1v) is 6.68. The van der Waals surface area contributed by atoms with Crippen LogP contribution in [0.15, 0.2) is 36.4 Å². The van der Waals surface area contributed by atoms with Crippen molar-refractivity contribution in [2.75, 3.05) is 13.7 Å². The molecule has 1 aromatic carbocycles. The molecule has 0 atom stereocenters. The number of carbonyl (C=O) groups excluding carboxylic acids is 1. The Morgan fingerprint density at radius 2 is 1.95 bits per heavy atom. The van der Waals surface area contributed by atoms with Crippen LogP contribution in [-0.2, 0) is 11.2 Å². The fourth-order valence-electron chi connectivity index (χ4n) is 2.43. The second-order valence-corrected chi connectivity index (χ2v) is 4.74. The van der Waals surface area contributed by atoms with Crippen LogP contribution in [-0.4, -0.2) is 24.3 Å². The molecular formula is C16H20N2O2. The van der Waals surface area contributed by atoms with Crippen molar-refractivity contribution in [2.24, 2.45) is 0 Å². The minimum absolute atomic E-state index is 0.387. The number of hydrogen-bond acceptors (Lipinski definition) is 2. The van der Waals surface area contributed by atoms with Gasteiger partial charge in [-0.2, -0.15) is 0 Å². The molecule has 4 nitrogen and oxygen atoms in total. The van der Waals surface area contributed by atoms with Crippen molar-refractivity contribution in [2.45, 2.75) is 20.3 Å². The van der Waals surface area contributed by atoms with Gasteiger partial charge in [-0.1, -0.05) is 18.2 Å². The summed E-state index contributed by atoms with van der Waals surface area (Å²) in [5.41, 5.74) is 4.81. The Hall–Kier alpha value is -2.23. The fraction of sp³-hybridized carbons (Fsp3) is 0.312. The van der Waals surface area contributed by atoms with E-state index < -0.39 is 0 Å². The molecule has 0 aliphatic rings. The van der Waals surface area contributed by atoms with Crippen molar-refractivity contribution < 1.29 is 9.53 Å². The summed E-state index contributed by atoms with van der Waals surface area (Å²) in [4.78, 5) is 11.0. The number of nitrogens with zero attached hydrogens (tertiary/aromatic N) is 1. The standard InChI is InChI=1S/C16H20N2O2/c1-12-11-14(9-10-17-16(19)20-3)13(2)18(12)15-7-5-4-6-8-15/h4-8,11H,9-10H2,1-3H3,(H,17,19). The van der Waals surface area contributed by atoms with Gasteiger partial charge in [0.05, 0.1) is 7.11 Å². The molecule has 0 saturated heterocycles. The SMILES string of the molecule is COC(=O)NCCc1cc(C)n(-c2ccccc2)c1C. The van der Waals surface area contributed by atoms with E-state index in [0.29, 0.717) is 6.54 Å². The molecule has 106 valence electrons. The second-order valence-electron chi connectivity index (χ2n) is 4.74. The van der Waals surface area contributed by atoms with Crippen LogP contribution in [0.2, 0.25) is 0 Å². The van der Waals surface area contributed by atoms with Gasteiger partial charge in [0.25, 0.3) is 0 Å². The summed E-state index contributed by atoms with van der Waals surface area (Å²) in [7, 11) is 1.37. The molecule has 20 heavy (non-hydrogen) atoms. The van der Waals surface area contributed by atoms with Gasteiger partial charge in [0.15, 0.2) is 0 Å². The van der Waals surface area contributed by atoms with Crippen LogP contribution in [0.3, 0.4) is 0 Å². The highest BCUT2D eigenvalue weighted by molar-refractivity contribution is 5.66. The molecule has 2 rings (SSSR count). The van der Waals surface area contributed by atoms with E-state index in [9.17, 15) is 4.79 Å². The minimum Gasteiger partial charge on any atom is -0.453 e. The molecule has 0 saturated carbocycles. The third-order valence-corrected chi connectivity index (χ3v) is 3.40. The monoisotopic (exact) mass is 272 g/mol. The average Bonchev–Trinajstić information content (AvgIpc) is 2.74. The molecule has 4 heteroatoms. The van der Waals surface area contributed by atoms with Crippen molar-refractivity contribution in [3.63, 3.8) is 0 Å². The lowest BCUT2D eigenvalue weighted by Gasteiger charge is -2.10. The largest absolute Gasteiger partial charge is 0.453 e. The van der Waals surface area contributed by atoms with Crippen LogP contribution in [0.5, 0.6) is 0 Å². The number of para-hydroxylation sites is 1. The van der Waals surface area contributed by atoms with Crippen LogP contribution >= 0.6 is 0 Å². The molecule has 0 spiro atoms.